The molecule has 1 atom stereocenters. The lowest BCUT2D eigenvalue weighted by Crippen LogP contribution is -2.44. The number of hydrogen-bond donors (Lipinski definition) is 1. The molecule has 7 nitrogen and oxygen atoms in total. The maximum Gasteiger partial charge on any atom is 0.325 e. The Balaban J connectivity index is 2.04. The number of urea groups is 1. The summed E-state index contributed by atoms with van der Waals surface area (Å²) in [7, 11) is 1.87. The monoisotopic (exact) mass is 321 g/mol. The number of rotatable bonds is 7. The molecule has 2 heterocycles. The second kappa shape index (κ2) is 7.12. The molecule has 0 spiro atoms. The highest BCUT2D eigenvalue weighted by atomic mass is 16.2. The van der Waals surface area contributed by atoms with Gasteiger partial charge in [-0.1, -0.05) is 13.8 Å². The summed E-state index contributed by atoms with van der Waals surface area (Å²) in [6.45, 7) is 9.15. The number of amides is 3. The molecule has 1 aliphatic rings. The van der Waals surface area contributed by atoms with Crippen molar-refractivity contribution in [2.75, 3.05) is 6.67 Å². The first-order chi connectivity index (χ1) is 10.8. The molecule has 1 saturated heterocycles. The van der Waals surface area contributed by atoms with Gasteiger partial charge in [0.15, 0.2) is 0 Å². The van der Waals surface area contributed by atoms with Gasteiger partial charge in [-0.15, -0.1) is 0 Å². The number of nitrogens with zero attached hydrogens (tertiary/aromatic N) is 4. The average molecular weight is 321 g/mol. The quantitative estimate of drug-likeness (QED) is 0.774. The van der Waals surface area contributed by atoms with E-state index in [0.717, 1.165) is 5.56 Å². The molecule has 0 radical (unpaired) electrons. The molecular weight excluding hydrogens is 294 g/mol. The van der Waals surface area contributed by atoms with Crippen LogP contribution in [0.2, 0.25) is 0 Å². The van der Waals surface area contributed by atoms with Crippen molar-refractivity contribution < 1.29 is 9.59 Å². The van der Waals surface area contributed by atoms with Crippen LogP contribution < -0.4 is 5.32 Å². The number of hydrogen-bond acceptors (Lipinski definition) is 4. The highest BCUT2D eigenvalue weighted by Gasteiger charge is 2.39. The topological polar surface area (TPSA) is 70.5 Å². The van der Waals surface area contributed by atoms with E-state index in [1.54, 1.807) is 4.68 Å². The molecule has 0 saturated carbocycles. The lowest BCUT2D eigenvalue weighted by atomic mass is 10.0. The Morgan fingerprint density at radius 1 is 1.30 bits per heavy atom. The summed E-state index contributed by atoms with van der Waals surface area (Å²) in [5.74, 6) is 0.237. The van der Waals surface area contributed by atoms with Gasteiger partial charge in [-0.25, -0.2) is 9.69 Å². The van der Waals surface area contributed by atoms with Crippen LogP contribution in [-0.2, 0) is 18.4 Å². The first-order valence-corrected chi connectivity index (χ1v) is 8.11. The van der Waals surface area contributed by atoms with E-state index in [1.807, 2.05) is 33.3 Å². The molecule has 1 N–H and O–H groups in total. The van der Waals surface area contributed by atoms with E-state index in [0.29, 0.717) is 25.6 Å². The number of carbonyl (C=O) groups is 2. The molecule has 1 fully saturated rings. The average Bonchev–Trinajstić information content (AvgIpc) is 2.96. The Hall–Kier alpha value is -1.89. The predicted molar refractivity (Wildman–Crippen MR) is 87.4 cm³/mol. The van der Waals surface area contributed by atoms with Gasteiger partial charge in [0.2, 0.25) is 0 Å². The van der Waals surface area contributed by atoms with Crippen molar-refractivity contribution in [2.45, 2.75) is 52.7 Å². The highest BCUT2D eigenvalue weighted by Crippen LogP contribution is 2.16. The van der Waals surface area contributed by atoms with Crippen molar-refractivity contribution in [2.24, 2.45) is 13.0 Å². The maximum absolute atomic E-state index is 12.5. The van der Waals surface area contributed by atoms with Gasteiger partial charge in [-0.05, 0) is 26.2 Å². The molecule has 3 amide bonds. The van der Waals surface area contributed by atoms with Crippen molar-refractivity contribution in [3.8, 4) is 0 Å². The fourth-order valence-electron chi connectivity index (χ4n) is 2.71. The SMILES string of the molecule is CC(C)C[C@H]1NC(=O)N(CN(Cc2cnn(C)c2)C(C)C)C1=O. The van der Waals surface area contributed by atoms with Crippen LogP contribution in [0, 0.1) is 5.92 Å². The number of carbonyl (C=O) groups excluding carboxylic acids is 2. The predicted octanol–water partition coefficient (Wildman–Crippen LogP) is 1.55. The van der Waals surface area contributed by atoms with Gasteiger partial charge in [0.1, 0.15) is 6.04 Å². The van der Waals surface area contributed by atoms with Gasteiger partial charge >= 0.3 is 6.03 Å². The lowest BCUT2D eigenvalue weighted by Gasteiger charge is -2.29. The zero-order valence-electron chi connectivity index (χ0n) is 14.6. The molecule has 23 heavy (non-hydrogen) atoms. The van der Waals surface area contributed by atoms with Crippen molar-refractivity contribution in [1.82, 2.24) is 24.9 Å². The number of aromatic nitrogens is 2. The minimum atomic E-state index is -0.394. The van der Waals surface area contributed by atoms with Crippen LogP contribution in [0.15, 0.2) is 12.4 Å². The minimum absolute atomic E-state index is 0.125. The van der Waals surface area contributed by atoms with Gasteiger partial charge in [-0.3, -0.25) is 14.4 Å². The van der Waals surface area contributed by atoms with Crippen LogP contribution in [0.3, 0.4) is 0 Å². The fraction of sp³-hybridized carbons (Fsp3) is 0.688. The Bertz CT molecular complexity index is 567. The van der Waals surface area contributed by atoms with Crippen molar-refractivity contribution in [3.05, 3.63) is 18.0 Å². The summed E-state index contributed by atoms with van der Waals surface area (Å²) < 4.78 is 1.75. The van der Waals surface area contributed by atoms with Gasteiger partial charge in [0.25, 0.3) is 5.91 Å². The molecule has 128 valence electrons. The van der Waals surface area contributed by atoms with Gasteiger partial charge < -0.3 is 5.32 Å². The molecule has 1 aromatic rings. The highest BCUT2D eigenvalue weighted by molar-refractivity contribution is 6.04. The number of imide groups is 1. The van der Waals surface area contributed by atoms with Crippen LogP contribution >= 0.6 is 0 Å². The standard InChI is InChI=1S/C16H27N5O2/c1-11(2)6-14-15(22)21(16(23)18-14)10-20(12(3)4)9-13-7-17-19(5)8-13/h7-8,11-12,14H,6,9-10H2,1-5H3,(H,18,23)/t14-/m1/s1. The van der Waals surface area contributed by atoms with Crippen LogP contribution in [-0.4, -0.2) is 50.3 Å². The zero-order chi connectivity index (χ0) is 17.1. The van der Waals surface area contributed by atoms with E-state index in [2.05, 4.69) is 29.2 Å². The van der Waals surface area contributed by atoms with Gasteiger partial charge in [-0.2, -0.15) is 5.10 Å². The third-order valence-corrected chi connectivity index (χ3v) is 4.01. The first kappa shape index (κ1) is 17.5. The summed E-state index contributed by atoms with van der Waals surface area (Å²) in [6, 6.07) is -0.479. The third-order valence-electron chi connectivity index (χ3n) is 4.01. The van der Waals surface area contributed by atoms with Gasteiger partial charge in [0, 0.05) is 31.4 Å². The summed E-state index contributed by atoms with van der Waals surface area (Å²) in [5.41, 5.74) is 1.06. The van der Waals surface area contributed by atoms with Gasteiger partial charge in [0.05, 0.1) is 12.9 Å². The third kappa shape index (κ3) is 4.31. The molecule has 0 unspecified atom stereocenters. The van der Waals surface area contributed by atoms with E-state index >= 15 is 0 Å². The largest absolute Gasteiger partial charge is 0.326 e. The summed E-state index contributed by atoms with van der Waals surface area (Å²) in [5, 5.41) is 6.96. The Labute approximate surface area is 137 Å². The van der Waals surface area contributed by atoms with E-state index in [-0.39, 0.29) is 18.0 Å². The summed E-state index contributed by atoms with van der Waals surface area (Å²) in [6.07, 6.45) is 4.43. The Kier molecular flexibility index (Phi) is 5.41. The van der Waals surface area contributed by atoms with E-state index in [4.69, 9.17) is 0 Å². The lowest BCUT2D eigenvalue weighted by molar-refractivity contribution is -0.129. The molecule has 0 aromatic carbocycles. The van der Waals surface area contributed by atoms with Crippen molar-refractivity contribution >= 4 is 11.9 Å². The Morgan fingerprint density at radius 3 is 2.52 bits per heavy atom. The number of aryl methyl sites for hydroxylation is 1. The van der Waals surface area contributed by atoms with Crippen LogP contribution in [0.5, 0.6) is 0 Å². The number of nitrogens with one attached hydrogen (secondary N) is 1. The maximum atomic E-state index is 12.5. The normalized spacial score (nSPS) is 18.6. The minimum Gasteiger partial charge on any atom is -0.326 e. The van der Waals surface area contributed by atoms with E-state index < -0.39 is 6.04 Å². The summed E-state index contributed by atoms with van der Waals surface area (Å²) in [4.78, 5) is 28.0. The second-order valence-corrected chi connectivity index (χ2v) is 6.90. The molecule has 1 aromatic heterocycles. The van der Waals surface area contributed by atoms with Crippen molar-refractivity contribution in [1.29, 1.82) is 0 Å². The van der Waals surface area contributed by atoms with Crippen molar-refractivity contribution in [3.63, 3.8) is 0 Å². The molecule has 7 heteroatoms. The Morgan fingerprint density at radius 2 is 2.00 bits per heavy atom. The molecule has 1 aliphatic heterocycles. The molecule has 2 rings (SSSR count). The zero-order valence-corrected chi connectivity index (χ0v) is 14.6. The first-order valence-electron chi connectivity index (χ1n) is 8.11. The summed E-state index contributed by atoms with van der Waals surface area (Å²) >= 11 is 0. The molecular formula is C16H27N5O2. The van der Waals surface area contributed by atoms with E-state index in [1.165, 1.54) is 4.90 Å². The van der Waals surface area contributed by atoms with E-state index in [9.17, 15) is 9.59 Å². The smallest absolute Gasteiger partial charge is 0.325 e. The van der Waals surface area contributed by atoms with Crippen LogP contribution in [0.25, 0.3) is 0 Å². The molecule has 0 bridgehead atoms. The van der Waals surface area contributed by atoms with Crippen LogP contribution in [0.4, 0.5) is 4.79 Å². The van der Waals surface area contributed by atoms with Crippen LogP contribution in [0.1, 0.15) is 39.7 Å². The fourth-order valence-corrected chi connectivity index (χ4v) is 2.71. The second-order valence-electron chi connectivity index (χ2n) is 6.90. The molecule has 0 aliphatic carbocycles.